The predicted octanol–water partition coefficient (Wildman–Crippen LogP) is 3.88. The maximum absolute atomic E-state index is 12.1. The number of aromatic nitrogens is 4. The molecule has 0 bridgehead atoms. The van der Waals surface area contributed by atoms with E-state index in [0.717, 1.165) is 15.7 Å². The minimum atomic E-state index is -0.0981. The Balaban J connectivity index is 1.54. The quantitative estimate of drug-likeness (QED) is 0.655. The van der Waals surface area contributed by atoms with Gasteiger partial charge in [-0.05, 0) is 40.5 Å². The molecule has 0 aliphatic carbocycles. The largest absolute Gasteiger partial charge is 0.309 e. The number of amides is 1. The van der Waals surface area contributed by atoms with E-state index in [9.17, 15) is 4.79 Å². The fraction of sp³-hybridized carbons (Fsp3) is 0.235. The number of rotatable bonds is 6. The Labute approximate surface area is 158 Å². The summed E-state index contributed by atoms with van der Waals surface area (Å²) >= 11 is 9.39. The van der Waals surface area contributed by atoms with Gasteiger partial charge in [-0.15, -0.1) is 0 Å². The second-order valence-corrected chi connectivity index (χ2v) is 6.92. The van der Waals surface area contributed by atoms with Crippen molar-refractivity contribution in [2.75, 3.05) is 5.32 Å². The van der Waals surface area contributed by atoms with Gasteiger partial charge in [0.05, 0.1) is 23.8 Å². The fourth-order valence-electron chi connectivity index (χ4n) is 2.40. The van der Waals surface area contributed by atoms with Gasteiger partial charge in [0.25, 0.3) is 0 Å². The highest BCUT2D eigenvalue weighted by Gasteiger charge is 2.08. The highest BCUT2D eigenvalue weighted by atomic mass is 79.9. The minimum absolute atomic E-state index is 0.0981. The zero-order valence-electron chi connectivity index (χ0n) is 13.6. The maximum atomic E-state index is 12.1. The highest BCUT2D eigenvalue weighted by molar-refractivity contribution is 9.10. The number of aryl methyl sites for hydroxylation is 1. The lowest BCUT2D eigenvalue weighted by atomic mass is 10.2. The van der Waals surface area contributed by atoms with E-state index in [1.54, 1.807) is 21.6 Å². The molecule has 1 amide bonds. The van der Waals surface area contributed by atoms with E-state index >= 15 is 0 Å². The van der Waals surface area contributed by atoms with Gasteiger partial charge < -0.3 is 5.32 Å². The Morgan fingerprint density at radius 1 is 1.36 bits per heavy atom. The summed E-state index contributed by atoms with van der Waals surface area (Å²) in [6.07, 6.45) is 3.88. The Kier molecular flexibility index (Phi) is 5.55. The molecule has 130 valence electrons. The number of carbonyl (C=O) groups is 1. The number of hydrogen-bond acceptors (Lipinski definition) is 3. The first-order valence-electron chi connectivity index (χ1n) is 7.77. The molecule has 1 aromatic carbocycles. The number of nitrogens with one attached hydrogen (secondary N) is 1. The Bertz CT molecular complexity index is 889. The molecule has 0 saturated carbocycles. The molecule has 0 saturated heterocycles. The Hall–Kier alpha value is -2.12. The summed E-state index contributed by atoms with van der Waals surface area (Å²) in [5.74, 6) is 0.435. The van der Waals surface area contributed by atoms with E-state index < -0.39 is 0 Å². The molecule has 0 unspecified atom stereocenters. The molecule has 2 aromatic heterocycles. The topological polar surface area (TPSA) is 64.7 Å². The van der Waals surface area contributed by atoms with Crippen LogP contribution in [0.4, 0.5) is 5.82 Å². The number of nitrogens with zero attached hydrogens (tertiary/aromatic N) is 4. The van der Waals surface area contributed by atoms with Gasteiger partial charge in [0.15, 0.2) is 5.82 Å². The lowest BCUT2D eigenvalue weighted by Gasteiger charge is -2.05. The van der Waals surface area contributed by atoms with Crippen LogP contribution in [0.15, 0.2) is 47.2 Å². The van der Waals surface area contributed by atoms with E-state index in [-0.39, 0.29) is 5.91 Å². The van der Waals surface area contributed by atoms with E-state index in [2.05, 4.69) is 31.4 Å². The summed E-state index contributed by atoms with van der Waals surface area (Å²) in [6.45, 7) is 3.07. The SMILES string of the molecule is Cc1c(Br)cnn1CCC(=O)Nc1ccn(Cc2cccc(Cl)c2)n1. The third-order valence-electron chi connectivity index (χ3n) is 3.74. The van der Waals surface area contributed by atoms with Crippen molar-refractivity contribution in [3.63, 3.8) is 0 Å². The first kappa shape index (κ1) is 17.7. The lowest BCUT2D eigenvalue weighted by molar-refractivity contribution is -0.116. The van der Waals surface area contributed by atoms with E-state index in [4.69, 9.17) is 11.6 Å². The molecule has 0 aliphatic heterocycles. The molecule has 1 N–H and O–H groups in total. The first-order chi connectivity index (χ1) is 12.0. The molecule has 25 heavy (non-hydrogen) atoms. The van der Waals surface area contributed by atoms with E-state index in [0.29, 0.717) is 30.4 Å². The van der Waals surface area contributed by atoms with Crippen LogP contribution in [-0.4, -0.2) is 25.5 Å². The Morgan fingerprint density at radius 3 is 2.92 bits per heavy atom. The molecule has 2 heterocycles. The molecule has 3 rings (SSSR count). The molecular weight excluding hydrogens is 406 g/mol. The summed E-state index contributed by atoms with van der Waals surface area (Å²) < 4.78 is 4.49. The molecule has 0 fully saturated rings. The molecule has 0 aliphatic rings. The average molecular weight is 423 g/mol. The number of benzene rings is 1. The van der Waals surface area contributed by atoms with Gasteiger partial charge in [-0.2, -0.15) is 10.2 Å². The molecule has 3 aromatic rings. The smallest absolute Gasteiger partial charge is 0.227 e. The second-order valence-electron chi connectivity index (χ2n) is 5.63. The van der Waals surface area contributed by atoms with Gasteiger partial charge in [0.1, 0.15) is 0 Å². The van der Waals surface area contributed by atoms with Crippen LogP contribution in [0.1, 0.15) is 17.7 Å². The van der Waals surface area contributed by atoms with Crippen LogP contribution in [0.3, 0.4) is 0 Å². The molecule has 0 spiro atoms. The summed E-state index contributed by atoms with van der Waals surface area (Å²) in [5, 5.41) is 12.1. The summed E-state index contributed by atoms with van der Waals surface area (Å²) in [5.41, 5.74) is 2.05. The van der Waals surface area contributed by atoms with Crippen molar-refractivity contribution < 1.29 is 4.79 Å². The average Bonchev–Trinajstić information content (AvgIpc) is 3.13. The van der Waals surface area contributed by atoms with E-state index in [1.165, 1.54) is 0 Å². The van der Waals surface area contributed by atoms with Gasteiger partial charge in [-0.25, -0.2) is 0 Å². The first-order valence-corrected chi connectivity index (χ1v) is 8.94. The van der Waals surface area contributed by atoms with Crippen LogP contribution in [-0.2, 0) is 17.9 Å². The number of halogens is 2. The van der Waals surface area contributed by atoms with Crippen LogP contribution >= 0.6 is 27.5 Å². The summed E-state index contributed by atoms with van der Waals surface area (Å²) in [6, 6.07) is 9.39. The van der Waals surface area contributed by atoms with Crippen molar-refractivity contribution in [3.8, 4) is 0 Å². The third-order valence-corrected chi connectivity index (χ3v) is 4.75. The van der Waals surface area contributed by atoms with Gasteiger partial charge in [-0.1, -0.05) is 23.7 Å². The van der Waals surface area contributed by atoms with Gasteiger partial charge in [0, 0.05) is 29.4 Å². The molecule has 0 radical (unpaired) electrons. The van der Waals surface area contributed by atoms with Gasteiger partial charge in [0.2, 0.25) is 5.91 Å². The van der Waals surface area contributed by atoms with Crippen LogP contribution in [0.25, 0.3) is 0 Å². The van der Waals surface area contributed by atoms with Crippen molar-refractivity contribution in [3.05, 3.63) is 63.5 Å². The molecular formula is C17H17BrClN5O. The Morgan fingerprint density at radius 2 is 2.20 bits per heavy atom. The van der Waals surface area contributed by atoms with Crippen molar-refractivity contribution in [2.24, 2.45) is 0 Å². The number of anilines is 1. The monoisotopic (exact) mass is 421 g/mol. The third kappa shape index (κ3) is 4.70. The summed E-state index contributed by atoms with van der Waals surface area (Å²) in [4.78, 5) is 12.1. The van der Waals surface area contributed by atoms with Crippen molar-refractivity contribution >= 4 is 39.3 Å². The fourth-order valence-corrected chi connectivity index (χ4v) is 2.91. The molecule has 6 nitrogen and oxygen atoms in total. The van der Waals surface area contributed by atoms with Crippen molar-refractivity contribution in [1.82, 2.24) is 19.6 Å². The lowest BCUT2D eigenvalue weighted by Crippen LogP contribution is -2.16. The number of hydrogen-bond donors (Lipinski definition) is 1. The zero-order chi connectivity index (χ0) is 17.8. The predicted molar refractivity (Wildman–Crippen MR) is 101 cm³/mol. The number of carbonyl (C=O) groups excluding carboxylic acids is 1. The summed E-state index contributed by atoms with van der Waals surface area (Å²) in [7, 11) is 0. The van der Waals surface area contributed by atoms with Crippen LogP contribution in [0.5, 0.6) is 0 Å². The van der Waals surface area contributed by atoms with Gasteiger partial charge >= 0.3 is 0 Å². The van der Waals surface area contributed by atoms with Crippen LogP contribution in [0, 0.1) is 6.92 Å². The normalized spacial score (nSPS) is 10.8. The minimum Gasteiger partial charge on any atom is -0.309 e. The molecule has 8 heteroatoms. The molecule has 0 atom stereocenters. The standard InChI is InChI=1S/C17H17BrClN5O/c1-12-15(18)10-20-24(12)8-6-17(25)21-16-5-7-23(22-16)11-13-3-2-4-14(19)9-13/h2-5,7,9-10H,6,8,11H2,1H3,(H,21,22,25). The zero-order valence-corrected chi connectivity index (χ0v) is 16.0. The van der Waals surface area contributed by atoms with Crippen LogP contribution in [0.2, 0.25) is 5.02 Å². The van der Waals surface area contributed by atoms with Gasteiger partial charge in [-0.3, -0.25) is 14.2 Å². The highest BCUT2D eigenvalue weighted by Crippen LogP contribution is 2.15. The van der Waals surface area contributed by atoms with Crippen molar-refractivity contribution in [1.29, 1.82) is 0 Å². The van der Waals surface area contributed by atoms with Crippen LogP contribution < -0.4 is 5.32 Å². The maximum Gasteiger partial charge on any atom is 0.227 e. The van der Waals surface area contributed by atoms with E-state index in [1.807, 2.05) is 37.4 Å². The van der Waals surface area contributed by atoms with Crippen molar-refractivity contribution in [2.45, 2.75) is 26.4 Å². The second kappa shape index (κ2) is 7.84.